The van der Waals surface area contributed by atoms with Crippen LogP contribution in [0.5, 0.6) is 0 Å². The second-order valence-corrected chi connectivity index (χ2v) is 4.97. The predicted molar refractivity (Wildman–Crippen MR) is 73.9 cm³/mol. The highest BCUT2D eigenvalue weighted by Gasteiger charge is 2.42. The van der Waals surface area contributed by atoms with Crippen LogP contribution in [0.15, 0.2) is 0 Å². The number of hydrogen-bond donors (Lipinski definition) is 1. The lowest BCUT2D eigenvalue weighted by Gasteiger charge is -2.24. The summed E-state index contributed by atoms with van der Waals surface area (Å²) in [5, 5.41) is 2.89. The Labute approximate surface area is 119 Å². The van der Waals surface area contributed by atoms with E-state index in [4.69, 9.17) is 4.74 Å². The molecule has 2 amide bonds. The monoisotopic (exact) mass is 284 g/mol. The fourth-order valence-corrected chi connectivity index (χ4v) is 2.46. The molecule has 114 valence electrons. The van der Waals surface area contributed by atoms with Gasteiger partial charge in [0.05, 0.1) is 19.1 Å². The zero-order chi connectivity index (χ0) is 15.3. The zero-order valence-electron chi connectivity index (χ0n) is 12.6. The first kappa shape index (κ1) is 16.6. The molecule has 2 atom stereocenters. The van der Waals surface area contributed by atoms with Crippen molar-refractivity contribution in [2.24, 2.45) is 0 Å². The minimum Gasteiger partial charge on any atom is -0.465 e. The molecule has 1 fully saturated rings. The molecular weight excluding hydrogens is 260 g/mol. The number of hydrogen-bond acceptors (Lipinski definition) is 5. The summed E-state index contributed by atoms with van der Waals surface area (Å²) >= 11 is 0. The lowest BCUT2D eigenvalue weighted by molar-refractivity contribution is -0.145. The summed E-state index contributed by atoms with van der Waals surface area (Å²) in [6.45, 7) is 7.56. The van der Waals surface area contributed by atoms with Gasteiger partial charge in [-0.1, -0.05) is 13.8 Å². The number of carbonyl (C=O) groups is 3. The molecule has 0 aromatic carbocycles. The van der Waals surface area contributed by atoms with E-state index in [9.17, 15) is 14.4 Å². The predicted octanol–water partition coefficient (Wildman–Crippen LogP) is 0.844. The Balaban J connectivity index is 2.69. The van der Waals surface area contributed by atoms with E-state index in [2.05, 4.69) is 5.32 Å². The van der Waals surface area contributed by atoms with Gasteiger partial charge in [-0.25, -0.2) is 0 Å². The van der Waals surface area contributed by atoms with Gasteiger partial charge in [0.25, 0.3) is 0 Å². The molecule has 2 unspecified atom stereocenters. The summed E-state index contributed by atoms with van der Waals surface area (Å²) in [6, 6.07) is -1.28. The number of likely N-dealkylation sites (tertiary alicyclic amines) is 1. The maximum Gasteiger partial charge on any atom is 0.322 e. The Morgan fingerprint density at radius 3 is 2.45 bits per heavy atom. The number of nitrogens with zero attached hydrogens (tertiary/aromatic N) is 1. The van der Waals surface area contributed by atoms with E-state index in [1.807, 2.05) is 13.8 Å². The number of amides is 2. The van der Waals surface area contributed by atoms with E-state index >= 15 is 0 Å². The minimum atomic E-state index is -0.623. The Hall–Kier alpha value is -1.43. The van der Waals surface area contributed by atoms with Gasteiger partial charge in [0.15, 0.2) is 0 Å². The Morgan fingerprint density at radius 1 is 1.35 bits per heavy atom. The molecule has 0 bridgehead atoms. The van der Waals surface area contributed by atoms with Crippen molar-refractivity contribution in [3.63, 3.8) is 0 Å². The van der Waals surface area contributed by atoms with Crippen LogP contribution in [0.4, 0.5) is 0 Å². The van der Waals surface area contributed by atoms with Gasteiger partial charge in [-0.15, -0.1) is 0 Å². The van der Waals surface area contributed by atoms with Crippen molar-refractivity contribution >= 4 is 17.8 Å². The highest BCUT2D eigenvalue weighted by molar-refractivity contribution is 6.06. The van der Waals surface area contributed by atoms with Crippen molar-refractivity contribution in [3.8, 4) is 0 Å². The lowest BCUT2D eigenvalue weighted by Crippen LogP contribution is -2.48. The van der Waals surface area contributed by atoms with Crippen LogP contribution in [0.2, 0.25) is 0 Å². The van der Waals surface area contributed by atoms with Crippen LogP contribution >= 0.6 is 0 Å². The molecule has 1 aliphatic rings. The highest BCUT2D eigenvalue weighted by atomic mass is 16.5. The van der Waals surface area contributed by atoms with Gasteiger partial charge in [0, 0.05) is 6.04 Å². The van der Waals surface area contributed by atoms with Crippen molar-refractivity contribution in [1.82, 2.24) is 10.2 Å². The molecule has 0 aliphatic carbocycles. The topological polar surface area (TPSA) is 75.7 Å². The Kier molecular flexibility index (Phi) is 6.13. The summed E-state index contributed by atoms with van der Waals surface area (Å²) in [6.07, 6.45) is 1.60. The van der Waals surface area contributed by atoms with Crippen molar-refractivity contribution < 1.29 is 19.1 Å². The van der Waals surface area contributed by atoms with E-state index in [1.165, 1.54) is 4.90 Å². The van der Waals surface area contributed by atoms with Gasteiger partial charge in [-0.2, -0.15) is 0 Å². The molecule has 6 heteroatoms. The highest BCUT2D eigenvalue weighted by Crippen LogP contribution is 2.20. The summed E-state index contributed by atoms with van der Waals surface area (Å²) < 4.78 is 4.88. The van der Waals surface area contributed by atoms with E-state index < -0.39 is 18.1 Å². The molecule has 0 aromatic rings. The van der Waals surface area contributed by atoms with Gasteiger partial charge < -0.3 is 4.74 Å². The average molecular weight is 284 g/mol. The van der Waals surface area contributed by atoms with Crippen LogP contribution in [-0.4, -0.2) is 47.4 Å². The number of nitrogens with one attached hydrogen (secondary N) is 1. The fourth-order valence-electron chi connectivity index (χ4n) is 2.46. The number of esters is 1. The molecule has 0 radical (unpaired) electrons. The molecule has 20 heavy (non-hydrogen) atoms. The van der Waals surface area contributed by atoms with Gasteiger partial charge in [-0.3, -0.25) is 24.6 Å². The summed E-state index contributed by atoms with van der Waals surface area (Å²) in [5.41, 5.74) is 0. The van der Waals surface area contributed by atoms with Crippen LogP contribution < -0.4 is 5.32 Å². The molecular formula is C14H24N2O4. The molecule has 1 saturated heterocycles. The van der Waals surface area contributed by atoms with Crippen molar-refractivity contribution in [1.29, 1.82) is 0 Å². The molecule has 6 nitrogen and oxygen atoms in total. The molecule has 1 aliphatic heterocycles. The fraction of sp³-hybridized carbons (Fsp3) is 0.786. The van der Waals surface area contributed by atoms with Crippen molar-refractivity contribution in [3.05, 3.63) is 0 Å². The van der Waals surface area contributed by atoms with Crippen LogP contribution in [-0.2, 0) is 19.1 Å². The minimum absolute atomic E-state index is 0.0558. The molecule has 1 N–H and O–H groups in total. The number of imide groups is 1. The van der Waals surface area contributed by atoms with Crippen molar-refractivity contribution in [2.45, 2.75) is 65.1 Å². The lowest BCUT2D eigenvalue weighted by atomic mass is 10.1. The van der Waals surface area contributed by atoms with Gasteiger partial charge >= 0.3 is 5.97 Å². The van der Waals surface area contributed by atoms with Gasteiger partial charge in [0.2, 0.25) is 11.8 Å². The first-order valence-corrected chi connectivity index (χ1v) is 7.24. The zero-order valence-corrected chi connectivity index (χ0v) is 12.6. The van der Waals surface area contributed by atoms with Gasteiger partial charge in [0.1, 0.15) is 6.04 Å². The molecule has 1 rings (SSSR count). The maximum absolute atomic E-state index is 12.3. The third-order valence-electron chi connectivity index (χ3n) is 3.58. The summed E-state index contributed by atoms with van der Waals surface area (Å²) in [4.78, 5) is 37.2. The number of rotatable bonds is 7. The second kappa shape index (κ2) is 7.38. The van der Waals surface area contributed by atoms with E-state index in [-0.39, 0.29) is 24.3 Å². The Bertz CT molecular complexity index is 379. The van der Waals surface area contributed by atoms with E-state index in [0.717, 1.165) is 12.8 Å². The third-order valence-corrected chi connectivity index (χ3v) is 3.58. The van der Waals surface area contributed by atoms with E-state index in [1.54, 1.807) is 13.8 Å². The second-order valence-electron chi connectivity index (χ2n) is 4.97. The standard InChI is InChI=1S/C14H24N2O4/c1-5-10(6-2)16-12(17)8-11(13(16)18)15-9(4)14(19)20-7-3/h9-11,15H,5-8H2,1-4H3. The normalized spacial score (nSPS) is 20.6. The van der Waals surface area contributed by atoms with Crippen LogP contribution in [0.1, 0.15) is 47.0 Å². The van der Waals surface area contributed by atoms with Crippen LogP contribution in [0, 0.1) is 0 Å². The molecule has 0 saturated carbocycles. The summed E-state index contributed by atoms with van der Waals surface area (Å²) in [7, 11) is 0. The van der Waals surface area contributed by atoms with Gasteiger partial charge in [-0.05, 0) is 26.7 Å². The number of carbonyl (C=O) groups excluding carboxylic acids is 3. The SMILES string of the molecule is CCOC(=O)C(C)NC1CC(=O)N(C(CC)CC)C1=O. The first-order valence-electron chi connectivity index (χ1n) is 7.24. The van der Waals surface area contributed by atoms with Crippen LogP contribution in [0.3, 0.4) is 0 Å². The van der Waals surface area contributed by atoms with E-state index in [0.29, 0.717) is 6.61 Å². The maximum atomic E-state index is 12.3. The third kappa shape index (κ3) is 3.56. The molecule has 0 aromatic heterocycles. The quantitative estimate of drug-likeness (QED) is 0.554. The first-order chi connectivity index (χ1) is 9.46. The smallest absolute Gasteiger partial charge is 0.322 e. The van der Waals surface area contributed by atoms with Crippen LogP contribution in [0.25, 0.3) is 0 Å². The molecule has 0 spiro atoms. The van der Waals surface area contributed by atoms with Crippen molar-refractivity contribution in [2.75, 3.05) is 6.61 Å². The largest absolute Gasteiger partial charge is 0.465 e. The summed E-state index contributed by atoms with van der Waals surface area (Å²) in [5.74, 6) is -0.814. The number of ether oxygens (including phenoxy) is 1. The molecule has 1 heterocycles. The Morgan fingerprint density at radius 2 is 1.95 bits per heavy atom. The average Bonchev–Trinajstić information content (AvgIpc) is 2.68.